The first-order valence-corrected chi connectivity index (χ1v) is 6.30. The maximum absolute atomic E-state index is 12.4. The van der Waals surface area contributed by atoms with E-state index in [9.17, 15) is 14.9 Å². The van der Waals surface area contributed by atoms with Crippen LogP contribution in [0.15, 0.2) is 45.6 Å². The zero-order valence-electron chi connectivity index (χ0n) is 11.5. The molecule has 0 unspecified atom stereocenters. The number of hydrogen-bond acceptors (Lipinski definition) is 5. The van der Waals surface area contributed by atoms with Crippen molar-refractivity contribution in [1.29, 1.82) is 0 Å². The summed E-state index contributed by atoms with van der Waals surface area (Å²) in [4.78, 5) is 24.6. The van der Waals surface area contributed by atoms with E-state index in [-0.39, 0.29) is 16.7 Å². The average molecular weight is 284 g/mol. The summed E-state index contributed by atoms with van der Waals surface area (Å²) in [7, 11) is 3.76. The van der Waals surface area contributed by atoms with E-state index in [2.05, 4.69) is 0 Å². The highest BCUT2D eigenvalue weighted by Crippen LogP contribution is 2.25. The van der Waals surface area contributed by atoms with Crippen molar-refractivity contribution in [2.45, 2.75) is 0 Å². The van der Waals surface area contributed by atoms with Crippen LogP contribution < -0.4 is 10.3 Å². The number of hydrogen-bond donors (Lipinski definition) is 0. The van der Waals surface area contributed by atoms with Crippen molar-refractivity contribution >= 4 is 33.3 Å². The van der Waals surface area contributed by atoms with Gasteiger partial charge in [0.15, 0.2) is 0 Å². The van der Waals surface area contributed by atoms with Crippen molar-refractivity contribution < 1.29 is 9.34 Å². The second-order valence-electron chi connectivity index (χ2n) is 4.94. The number of benzene rings is 2. The van der Waals surface area contributed by atoms with E-state index < -0.39 is 4.92 Å². The monoisotopic (exact) mass is 284 g/mol. The largest absolute Gasteiger partial charge is 0.455 e. The lowest BCUT2D eigenvalue weighted by Crippen LogP contribution is -2.09. The first kappa shape index (κ1) is 13.1. The fraction of sp³-hybridized carbons (Fsp3) is 0.133. The maximum Gasteiger partial charge on any atom is 0.273 e. The summed E-state index contributed by atoms with van der Waals surface area (Å²) in [5.41, 5.74) is 1.23. The molecular formula is C15H12N2O4. The summed E-state index contributed by atoms with van der Waals surface area (Å²) in [5.74, 6) is 0. The molecule has 0 radical (unpaired) electrons. The summed E-state index contributed by atoms with van der Waals surface area (Å²) < 4.78 is 5.68. The van der Waals surface area contributed by atoms with Gasteiger partial charge in [0.2, 0.25) is 5.43 Å². The fourth-order valence-corrected chi connectivity index (χ4v) is 2.22. The zero-order chi connectivity index (χ0) is 15.1. The summed E-state index contributed by atoms with van der Waals surface area (Å²) in [6.45, 7) is 0. The minimum atomic E-state index is -0.514. The molecular weight excluding hydrogens is 272 g/mol. The van der Waals surface area contributed by atoms with Crippen LogP contribution in [-0.4, -0.2) is 19.0 Å². The molecule has 0 N–H and O–H groups in total. The second-order valence-corrected chi connectivity index (χ2v) is 4.94. The van der Waals surface area contributed by atoms with Crippen LogP contribution in [0, 0.1) is 10.1 Å². The fourth-order valence-electron chi connectivity index (χ4n) is 2.22. The van der Waals surface area contributed by atoms with Gasteiger partial charge in [-0.3, -0.25) is 14.9 Å². The van der Waals surface area contributed by atoms with Gasteiger partial charge in [0.1, 0.15) is 11.2 Å². The molecule has 0 aliphatic carbocycles. The maximum atomic E-state index is 12.4. The number of nitro benzene ring substituents is 1. The molecule has 6 heteroatoms. The summed E-state index contributed by atoms with van der Waals surface area (Å²) in [6.07, 6.45) is 0. The van der Waals surface area contributed by atoms with E-state index in [4.69, 9.17) is 4.42 Å². The Hall–Kier alpha value is -2.89. The molecule has 0 amide bonds. The molecule has 0 atom stereocenters. The van der Waals surface area contributed by atoms with Crippen molar-refractivity contribution in [1.82, 2.24) is 0 Å². The van der Waals surface area contributed by atoms with E-state index in [0.29, 0.717) is 16.4 Å². The van der Waals surface area contributed by atoms with Crippen molar-refractivity contribution in [2.75, 3.05) is 19.0 Å². The highest BCUT2D eigenvalue weighted by molar-refractivity contribution is 5.91. The molecule has 0 bridgehead atoms. The minimum Gasteiger partial charge on any atom is -0.455 e. The average Bonchev–Trinajstić information content (AvgIpc) is 2.46. The van der Waals surface area contributed by atoms with Crippen LogP contribution in [0.5, 0.6) is 0 Å². The topological polar surface area (TPSA) is 76.6 Å². The van der Waals surface area contributed by atoms with Crippen molar-refractivity contribution in [2.24, 2.45) is 0 Å². The highest BCUT2D eigenvalue weighted by Gasteiger charge is 2.13. The lowest BCUT2D eigenvalue weighted by Gasteiger charge is -2.12. The Kier molecular flexibility index (Phi) is 2.86. The molecule has 0 fully saturated rings. The van der Waals surface area contributed by atoms with Gasteiger partial charge < -0.3 is 9.32 Å². The molecule has 106 valence electrons. The number of fused-ring (bicyclic) bond motifs is 2. The second kappa shape index (κ2) is 4.59. The van der Waals surface area contributed by atoms with Gasteiger partial charge in [-0.15, -0.1) is 0 Å². The van der Waals surface area contributed by atoms with Gasteiger partial charge in [-0.25, -0.2) is 0 Å². The normalized spacial score (nSPS) is 11.0. The Morgan fingerprint density at radius 3 is 2.29 bits per heavy atom. The quantitative estimate of drug-likeness (QED) is 0.411. The number of nitro groups is 1. The highest BCUT2D eigenvalue weighted by atomic mass is 16.6. The predicted molar refractivity (Wildman–Crippen MR) is 81.0 cm³/mol. The minimum absolute atomic E-state index is 0.103. The first-order chi connectivity index (χ1) is 9.97. The predicted octanol–water partition coefficient (Wildman–Crippen LogP) is 2.92. The SMILES string of the molecule is CN(C)c1ccc2c(=O)c3ccc([N+](=O)[O-])cc3oc2c1. The van der Waals surface area contributed by atoms with Crippen LogP contribution in [0.2, 0.25) is 0 Å². The van der Waals surface area contributed by atoms with Crippen molar-refractivity contribution in [3.8, 4) is 0 Å². The number of rotatable bonds is 2. The summed E-state index contributed by atoms with van der Waals surface area (Å²) >= 11 is 0. The summed E-state index contributed by atoms with van der Waals surface area (Å²) in [6, 6.07) is 9.29. The molecule has 6 nitrogen and oxygen atoms in total. The lowest BCUT2D eigenvalue weighted by atomic mass is 10.1. The van der Waals surface area contributed by atoms with E-state index in [0.717, 1.165) is 5.69 Å². The third kappa shape index (κ3) is 2.10. The van der Waals surface area contributed by atoms with E-state index in [1.54, 1.807) is 12.1 Å². The molecule has 0 spiro atoms. The third-order valence-corrected chi connectivity index (χ3v) is 3.37. The van der Waals surface area contributed by atoms with Crippen LogP contribution in [0.1, 0.15) is 0 Å². The van der Waals surface area contributed by atoms with Gasteiger partial charge in [-0.1, -0.05) is 0 Å². The van der Waals surface area contributed by atoms with Crippen molar-refractivity contribution in [3.05, 3.63) is 56.7 Å². The Morgan fingerprint density at radius 1 is 1.05 bits per heavy atom. The molecule has 0 saturated carbocycles. The van der Waals surface area contributed by atoms with Gasteiger partial charge in [0.05, 0.1) is 21.8 Å². The number of nitrogens with zero attached hydrogens (tertiary/aromatic N) is 2. The molecule has 21 heavy (non-hydrogen) atoms. The van der Waals surface area contributed by atoms with Gasteiger partial charge in [0, 0.05) is 31.9 Å². The molecule has 0 aliphatic rings. The Morgan fingerprint density at radius 2 is 1.67 bits per heavy atom. The first-order valence-electron chi connectivity index (χ1n) is 6.30. The van der Waals surface area contributed by atoms with Crippen LogP contribution in [-0.2, 0) is 0 Å². The molecule has 2 aromatic carbocycles. The molecule has 3 aromatic rings. The smallest absolute Gasteiger partial charge is 0.273 e. The third-order valence-electron chi connectivity index (χ3n) is 3.37. The van der Waals surface area contributed by atoms with Gasteiger partial charge in [-0.05, 0) is 18.2 Å². The molecule has 0 saturated heterocycles. The van der Waals surface area contributed by atoms with Crippen LogP contribution >= 0.6 is 0 Å². The summed E-state index contributed by atoms with van der Waals surface area (Å²) in [5, 5.41) is 11.6. The van der Waals surface area contributed by atoms with Gasteiger partial charge >= 0.3 is 0 Å². The molecule has 3 rings (SSSR count). The van der Waals surface area contributed by atoms with Crippen LogP contribution in [0.3, 0.4) is 0 Å². The van der Waals surface area contributed by atoms with Crippen molar-refractivity contribution in [3.63, 3.8) is 0 Å². The molecule has 1 aromatic heterocycles. The Bertz CT molecular complexity index is 928. The van der Waals surface area contributed by atoms with E-state index in [1.807, 2.05) is 25.1 Å². The Labute approximate surface area is 119 Å². The molecule has 0 aliphatic heterocycles. The van der Waals surface area contributed by atoms with Crippen LogP contribution in [0.4, 0.5) is 11.4 Å². The number of non-ortho nitro benzene ring substituents is 1. The lowest BCUT2D eigenvalue weighted by molar-refractivity contribution is -0.384. The Balaban J connectivity index is 2.38. The van der Waals surface area contributed by atoms with E-state index >= 15 is 0 Å². The van der Waals surface area contributed by atoms with E-state index in [1.165, 1.54) is 18.2 Å². The zero-order valence-corrected chi connectivity index (χ0v) is 11.5. The number of anilines is 1. The van der Waals surface area contributed by atoms with Crippen LogP contribution in [0.25, 0.3) is 21.9 Å². The standard InChI is InChI=1S/C15H12N2O4/c1-16(2)9-3-5-11-13(7-9)21-14-8-10(17(19)20)4-6-12(14)15(11)18/h3-8H,1-2H3. The molecule has 1 heterocycles. The van der Waals surface area contributed by atoms with Gasteiger partial charge in [0.25, 0.3) is 5.69 Å². The van der Waals surface area contributed by atoms with Gasteiger partial charge in [-0.2, -0.15) is 0 Å².